The van der Waals surface area contributed by atoms with Gasteiger partial charge in [-0.05, 0) is 38.5 Å². The SMILES string of the molecule is O=C(OCCCOC1CCCCO1)OCCCOC1CCCCO1. The van der Waals surface area contributed by atoms with Gasteiger partial charge in [-0.2, -0.15) is 0 Å². The van der Waals surface area contributed by atoms with Crippen LogP contribution in [-0.2, 0) is 28.4 Å². The monoisotopic (exact) mass is 346 g/mol. The summed E-state index contributed by atoms with van der Waals surface area (Å²) in [7, 11) is 0. The Kier molecular flexibility index (Phi) is 10.1. The Balaban J connectivity index is 1.34. The van der Waals surface area contributed by atoms with Gasteiger partial charge in [0.1, 0.15) is 0 Å². The molecule has 7 heteroatoms. The van der Waals surface area contributed by atoms with Crippen molar-refractivity contribution in [1.29, 1.82) is 0 Å². The van der Waals surface area contributed by atoms with Gasteiger partial charge in [0.2, 0.25) is 0 Å². The molecule has 2 aliphatic heterocycles. The van der Waals surface area contributed by atoms with Crippen molar-refractivity contribution in [3.05, 3.63) is 0 Å². The molecule has 0 bridgehead atoms. The lowest BCUT2D eigenvalue weighted by Crippen LogP contribution is -2.23. The predicted molar refractivity (Wildman–Crippen MR) is 85.6 cm³/mol. The van der Waals surface area contributed by atoms with Gasteiger partial charge in [-0.1, -0.05) is 0 Å². The van der Waals surface area contributed by atoms with E-state index in [1.165, 1.54) is 0 Å². The Morgan fingerprint density at radius 3 is 1.67 bits per heavy atom. The van der Waals surface area contributed by atoms with Crippen LogP contribution in [0.4, 0.5) is 4.79 Å². The zero-order chi connectivity index (χ0) is 16.9. The van der Waals surface area contributed by atoms with Crippen LogP contribution >= 0.6 is 0 Å². The Hall–Kier alpha value is -0.890. The third kappa shape index (κ3) is 8.82. The van der Waals surface area contributed by atoms with E-state index in [1.54, 1.807) is 0 Å². The van der Waals surface area contributed by atoms with Crippen molar-refractivity contribution >= 4 is 6.16 Å². The molecular formula is C17H30O7. The fourth-order valence-corrected chi connectivity index (χ4v) is 2.59. The van der Waals surface area contributed by atoms with E-state index in [-0.39, 0.29) is 25.8 Å². The minimum atomic E-state index is -0.641. The maximum Gasteiger partial charge on any atom is 0.508 e. The van der Waals surface area contributed by atoms with E-state index in [0.717, 1.165) is 51.7 Å². The van der Waals surface area contributed by atoms with Crippen LogP contribution in [0.1, 0.15) is 51.4 Å². The highest BCUT2D eigenvalue weighted by molar-refractivity contribution is 5.59. The lowest BCUT2D eigenvalue weighted by atomic mass is 10.2. The molecule has 2 fully saturated rings. The molecule has 0 N–H and O–H groups in total. The summed E-state index contributed by atoms with van der Waals surface area (Å²) in [5.41, 5.74) is 0. The zero-order valence-corrected chi connectivity index (χ0v) is 14.4. The molecule has 2 heterocycles. The molecule has 0 aromatic heterocycles. The lowest BCUT2D eigenvalue weighted by molar-refractivity contribution is -0.164. The first-order chi connectivity index (χ1) is 11.8. The fraction of sp³-hybridized carbons (Fsp3) is 0.941. The molecule has 0 spiro atoms. The normalized spacial score (nSPS) is 24.5. The van der Waals surface area contributed by atoms with Crippen LogP contribution in [0.15, 0.2) is 0 Å². The molecule has 7 nitrogen and oxygen atoms in total. The molecule has 0 aromatic carbocycles. The number of carbonyl (C=O) groups is 1. The zero-order valence-electron chi connectivity index (χ0n) is 14.4. The molecule has 2 saturated heterocycles. The molecule has 0 aromatic rings. The number of hydrogen-bond acceptors (Lipinski definition) is 7. The van der Waals surface area contributed by atoms with Crippen LogP contribution in [0.2, 0.25) is 0 Å². The molecule has 2 atom stereocenters. The van der Waals surface area contributed by atoms with Crippen LogP contribution in [-0.4, -0.2) is 58.4 Å². The molecule has 0 amide bonds. The summed E-state index contributed by atoms with van der Waals surface area (Å²) < 4.78 is 32.0. The van der Waals surface area contributed by atoms with Gasteiger partial charge in [-0.15, -0.1) is 0 Å². The van der Waals surface area contributed by atoms with Crippen LogP contribution in [0.5, 0.6) is 0 Å². The molecular weight excluding hydrogens is 316 g/mol. The van der Waals surface area contributed by atoms with Crippen molar-refractivity contribution < 1.29 is 33.2 Å². The van der Waals surface area contributed by atoms with E-state index < -0.39 is 6.16 Å². The molecule has 2 aliphatic rings. The smallest absolute Gasteiger partial charge is 0.434 e. The van der Waals surface area contributed by atoms with Crippen molar-refractivity contribution in [2.24, 2.45) is 0 Å². The first kappa shape index (κ1) is 19.4. The van der Waals surface area contributed by atoms with Crippen molar-refractivity contribution in [1.82, 2.24) is 0 Å². The van der Waals surface area contributed by atoms with Crippen molar-refractivity contribution in [3.63, 3.8) is 0 Å². The Bertz CT molecular complexity index is 295. The van der Waals surface area contributed by atoms with Crippen molar-refractivity contribution in [2.45, 2.75) is 63.9 Å². The highest BCUT2D eigenvalue weighted by atomic mass is 16.7. The number of ether oxygens (including phenoxy) is 6. The molecule has 0 saturated carbocycles. The average Bonchev–Trinajstić information content (AvgIpc) is 2.63. The lowest BCUT2D eigenvalue weighted by Gasteiger charge is -2.22. The first-order valence-corrected chi connectivity index (χ1v) is 9.10. The van der Waals surface area contributed by atoms with Crippen LogP contribution in [0.3, 0.4) is 0 Å². The summed E-state index contributed by atoms with van der Waals surface area (Å²) >= 11 is 0. The van der Waals surface area contributed by atoms with Gasteiger partial charge < -0.3 is 28.4 Å². The summed E-state index contributed by atoms with van der Waals surface area (Å²) in [6, 6.07) is 0. The largest absolute Gasteiger partial charge is 0.508 e. The third-order valence-electron chi connectivity index (χ3n) is 3.90. The molecule has 0 radical (unpaired) electrons. The molecule has 0 aliphatic carbocycles. The van der Waals surface area contributed by atoms with E-state index in [1.807, 2.05) is 0 Å². The second-order valence-electron chi connectivity index (χ2n) is 5.99. The van der Waals surface area contributed by atoms with Gasteiger partial charge in [0.15, 0.2) is 12.6 Å². The number of hydrogen-bond donors (Lipinski definition) is 0. The second kappa shape index (κ2) is 12.5. The number of rotatable bonds is 10. The quantitative estimate of drug-likeness (QED) is 0.445. The second-order valence-corrected chi connectivity index (χ2v) is 5.99. The van der Waals surface area contributed by atoms with Gasteiger partial charge in [0, 0.05) is 26.1 Å². The van der Waals surface area contributed by atoms with E-state index in [4.69, 9.17) is 28.4 Å². The predicted octanol–water partition coefficient (Wildman–Crippen LogP) is 3.01. The maximum atomic E-state index is 11.4. The topological polar surface area (TPSA) is 72.5 Å². The van der Waals surface area contributed by atoms with E-state index in [0.29, 0.717) is 26.1 Å². The van der Waals surface area contributed by atoms with Gasteiger partial charge >= 0.3 is 6.16 Å². The Morgan fingerprint density at radius 1 is 0.750 bits per heavy atom. The van der Waals surface area contributed by atoms with E-state index in [2.05, 4.69) is 0 Å². The minimum Gasteiger partial charge on any atom is -0.434 e. The molecule has 2 unspecified atom stereocenters. The van der Waals surface area contributed by atoms with Crippen molar-refractivity contribution in [2.75, 3.05) is 39.6 Å². The number of carbonyl (C=O) groups excluding carboxylic acids is 1. The molecule has 2 rings (SSSR count). The maximum absolute atomic E-state index is 11.4. The Morgan fingerprint density at radius 2 is 1.25 bits per heavy atom. The molecule has 24 heavy (non-hydrogen) atoms. The van der Waals surface area contributed by atoms with Crippen LogP contribution < -0.4 is 0 Å². The van der Waals surface area contributed by atoms with E-state index >= 15 is 0 Å². The summed E-state index contributed by atoms with van der Waals surface area (Å²) in [5.74, 6) is 0. The summed E-state index contributed by atoms with van der Waals surface area (Å²) in [6.45, 7) is 3.16. The Labute approximate surface area is 143 Å². The standard InChI is InChI=1S/C17H30O7/c18-17(23-13-5-11-21-15-7-1-3-9-19-15)24-14-6-12-22-16-8-2-4-10-20-16/h15-16H,1-14H2. The van der Waals surface area contributed by atoms with Crippen LogP contribution in [0.25, 0.3) is 0 Å². The van der Waals surface area contributed by atoms with E-state index in [9.17, 15) is 4.79 Å². The molecule has 140 valence electrons. The fourth-order valence-electron chi connectivity index (χ4n) is 2.59. The highest BCUT2D eigenvalue weighted by Crippen LogP contribution is 2.14. The minimum absolute atomic E-state index is 0.0983. The van der Waals surface area contributed by atoms with Gasteiger partial charge in [-0.25, -0.2) is 4.79 Å². The summed E-state index contributed by atoms with van der Waals surface area (Å²) in [6.07, 6.45) is 6.81. The van der Waals surface area contributed by atoms with Crippen LogP contribution in [0, 0.1) is 0 Å². The first-order valence-electron chi connectivity index (χ1n) is 9.10. The summed E-state index contributed by atoms with van der Waals surface area (Å²) in [5, 5.41) is 0. The van der Waals surface area contributed by atoms with Gasteiger partial charge in [-0.3, -0.25) is 0 Å². The third-order valence-corrected chi connectivity index (χ3v) is 3.90. The van der Waals surface area contributed by atoms with Crippen molar-refractivity contribution in [3.8, 4) is 0 Å². The van der Waals surface area contributed by atoms with Gasteiger partial charge in [0.25, 0.3) is 0 Å². The summed E-state index contributed by atoms with van der Waals surface area (Å²) in [4.78, 5) is 11.4. The van der Waals surface area contributed by atoms with Gasteiger partial charge in [0.05, 0.1) is 26.4 Å². The average molecular weight is 346 g/mol. The highest BCUT2D eigenvalue weighted by Gasteiger charge is 2.14.